The Kier molecular flexibility index (Phi) is 7.15. The monoisotopic (exact) mass is 376 g/mol. The van der Waals surface area contributed by atoms with Crippen LogP contribution >= 0.6 is 12.4 Å². The molecule has 1 aliphatic heterocycles. The maximum atomic E-state index is 12.5. The summed E-state index contributed by atoms with van der Waals surface area (Å²) in [5.74, 6) is -0.859. The SMILES string of the molecule is CN(CC(=O)N1CCNCC1)S(=O)(=O)c1ccc(C(N)=O)cc1.Cl. The van der Waals surface area contributed by atoms with Crippen molar-refractivity contribution in [1.29, 1.82) is 0 Å². The zero-order chi connectivity index (χ0) is 17.0. The van der Waals surface area contributed by atoms with Gasteiger partial charge in [-0.15, -0.1) is 12.4 Å². The van der Waals surface area contributed by atoms with Gasteiger partial charge in [0.1, 0.15) is 0 Å². The van der Waals surface area contributed by atoms with Gasteiger partial charge in [0, 0.05) is 38.8 Å². The number of hydrogen-bond acceptors (Lipinski definition) is 5. The molecule has 8 nitrogen and oxygen atoms in total. The van der Waals surface area contributed by atoms with Gasteiger partial charge in [-0.3, -0.25) is 9.59 Å². The summed E-state index contributed by atoms with van der Waals surface area (Å²) in [4.78, 5) is 24.8. The number of rotatable bonds is 5. The number of nitrogens with zero attached hydrogens (tertiary/aromatic N) is 2. The Hall–Kier alpha value is -1.68. The van der Waals surface area contributed by atoms with E-state index in [9.17, 15) is 18.0 Å². The van der Waals surface area contributed by atoms with E-state index in [-0.39, 0.29) is 35.3 Å². The van der Waals surface area contributed by atoms with Crippen molar-refractivity contribution in [1.82, 2.24) is 14.5 Å². The molecule has 1 saturated heterocycles. The average molecular weight is 377 g/mol. The van der Waals surface area contributed by atoms with E-state index in [4.69, 9.17) is 5.73 Å². The van der Waals surface area contributed by atoms with Gasteiger partial charge in [0.05, 0.1) is 11.4 Å². The second-order valence-electron chi connectivity index (χ2n) is 5.28. The van der Waals surface area contributed by atoms with Crippen molar-refractivity contribution in [3.05, 3.63) is 29.8 Å². The third-order valence-electron chi connectivity index (χ3n) is 3.67. The molecule has 1 fully saturated rings. The van der Waals surface area contributed by atoms with Gasteiger partial charge in [0.2, 0.25) is 21.8 Å². The molecule has 0 atom stereocenters. The van der Waals surface area contributed by atoms with Gasteiger partial charge in [-0.25, -0.2) is 8.42 Å². The summed E-state index contributed by atoms with van der Waals surface area (Å²) in [6.45, 7) is 2.33. The van der Waals surface area contributed by atoms with E-state index in [0.29, 0.717) is 26.2 Å². The molecule has 0 unspecified atom stereocenters. The van der Waals surface area contributed by atoms with Crippen LogP contribution in [0.2, 0.25) is 0 Å². The van der Waals surface area contributed by atoms with Crippen LogP contribution < -0.4 is 11.1 Å². The molecule has 2 amide bonds. The molecule has 0 bridgehead atoms. The van der Waals surface area contributed by atoms with E-state index in [1.54, 1.807) is 4.90 Å². The third kappa shape index (κ3) is 4.67. The zero-order valence-electron chi connectivity index (χ0n) is 13.3. The Morgan fingerprint density at radius 3 is 2.25 bits per heavy atom. The van der Waals surface area contributed by atoms with Gasteiger partial charge in [-0.05, 0) is 24.3 Å². The number of halogens is 1. The predicted molar refractivity (Wildman–Crippen MR) is 91.5 cm³/mol. The molecule has 10 heteroatoms. The molecule has 1 heterocycles. The molecular formula is C14H21ClN4O4S. The highest BCUT2D eigenvalue weighted by atomic mass is 35.5. The van der Waals surface area contributed by atoms with Crippen molar-refractivity contribution in [2.45, 2.75) is 4.90 Å². The number of nitrogens with one attached hydrogen (secondary N) is 1. The number of nitrogens with two attached hydrogens (primary N) is 1. The van der Waals surface area contributed by atoms with E-state index in [1.165, 1.54) is 31.3 Å². The summed E-state index contributed by atoms with van der Waals surface area (Å²) < 4.78 is 25.9. The highest BCUT2D eigenvalue weighted by molar-refractivity contribution is 7.89. The first-order chi connectivity index (χ1) is 10.8. The van der Waals surface area contributed by atoms with Crippen LogP contribution in [0.3, 0.4) is 0 Å². The fourth-order valence-corrected chi connectivity index (χ4v) is 3.38. The lowest BCUT2D eigenvalue weighted by molar-refractivity contribution is -0.131. The van der Waals surface area contributed by atoms with E-state index >= 15 is 0 Å². The van der Waals surface area contributed by atoms with Gasteiger partial charge in [-0.2, -0.15) is 4.31 Å². The smallest absolute Gasteiger partial charge is 0.248 e. The van der Waals surface area contributed by atoms with Crippen molar-refractivity contribution in [3.8, 4) is 0 Å². The number of likely N-dealkylation sites (N-methyl/N-ethyl adjacent to an activating group) is 1. The molecule has 1 aliphatic rings. The van der Waals surface area contributed by atoms with Gasteiger partial charge in [-0.1, -0.05) is 0 Å². The quantitative estimate of drug-likeness (QED) is 0.702. The van der Waals surface area contributed by atoms with Gasteiger partial charge >= 0.3 is 0 Å². The summed E-state index contributed by atoms with van der Waals surface area (Å²) in [6.07, 6.45) is 0. The predicted octanol–water partition coefficient (Wildman–Crippen LogP) is -0.740. The normalized spacial score (nSPS) is 15.0. The Morgan fingerprint density at radius 1 is 1.21 bits per heavy atom. The molecule has 0 radical (unpaired) electrons. The van der Waals surface area contributed by atoms with Crippen molar-refractivity contribution < 1.29 is 18.0 Å². The zero-order valence-corrected chi connectivity index (χ0v) is 14.9. The first-order valence-corrected chi connectivity index (χ1v) is 8.61. The summed E-state index contributed by atoms with van der Waals surface area (Å²) in [6, 6.07) is 5.31. The largest absolute Gasteiger partial charge is 0.366 e. The molecule has 134 valence electrons. The number of carbonyl (C=O) groups excluding carboxylic acids is 2. The van der Waals surface area contributed by atoms with Crippen molar-refractivity contribution in [2.75, 3.05) is 39.8 Å². The van der Waals surface area contributed by atoms with Crippen LogP contribution in [0.5, 0.6) is 0 Å². The van der Waals surface area contributed by atoms with Crippen LogP contribution in [-0.4, -0.2) is 69.2 Å². The van der Waals surface area contributed by atoms with E-state index < -0.39 is 15.9 Å². The first kappa shape index (κ1) is 20.4. The minimum Gasteiger partial charge on any atom is -0.366 e. The van der Waals surface area contributed by atoms with E-state index in [0.717, 1.165) is 4.31 Å². The van der Waals surface area contributed by atoms with Gasteiger partial charge in [0.15, 0.2) is 0 Å². The Bertz CT molecular complexity index is 687. The molecule has 2 rings (SSSR count). The number of benzene rings is 1. The molecule has 0 saturated carbocycles. The summed E-state index contributed by atoms with van der Waals surface area (Å²) in [5, 5.41) is 3.13. The summed E-state index contributed by atoms with van der Waals surface area (Å²) in [7, 11) is -2.44. The minimum atomic E-state index is -3.80. The summed E-state index contributed by atoms with van der Waals surface area (Å²) >= 11 is 0. The molecule has 3 N–H and O–H groups in total. The number of piperazine rings is 1. The molecule has 24 heavy (non-hydrogen) atoms. The molecular weight excluding hydrogens is 356 g/mol. The number of hydrogen-bond donors (Lipinski definition) is 2. The Labute approximate surface area is 147 Å². The van der Waals surface area contributed by atoms with Crippen LogP contribution in [0, 0.1) is 0 Å². The lowest BCUT2D eigenvalue weighted by Crippen LogP contribution is -2.49. The van der Waals surface area contributed by atoms with Crippen molar-refractivity contribution in [3.63, 3.8) is 0 Å². The van der Waals surface area contributed by atoms with Crippen molar-refractivity contribution in [2.24, 2.45) is 5.73 Å². The van der Waals surface area contributed by atoms with Crippen LogP contribution in [0.15, 0.2) is 29.2 Å². The van der Waals surface area contributed by atoms with E-state index in [1.807, 2.05) is 0 Å². The molecule has 1 aromatic carbocycles. The van der Waals surface area contributed by atoms with Crippen LogP contribution in [0.1, 0.15) is 10.4 Å². The fourth-order valence-electron chi connectivity index (χ4n) is 2.26. The number of sulfonamides is 1. The minimum absolute atomic E-state index is 0. The standard InChI is InChI=1S/C14H20N4O4S.ClH/c1-17(10-13(19)18-8-6-16-7-9-18)23(21,22)12-4-2-11(3-5-12)14(15)20;/h2-5,16H,6-10H2,1H3,(H2,15,20);1H. The average Bonchev–Trinajstić information content (AvgIpc) is 2.55. The topological polar surface area (TPSA) is 113 Å². The van der Waals surface area contributed by atoms with Crippen molar-refractivity contribution >= 4 is 34.2 Å². The number of carbonyl (C=O) groups is 2. The number of amides is 2. The van der Waals surface area contributed by atoms with Crippen LogP contribution in [-0.2, 0) is 14.8 Å². The Balaban J connectivity index is 0.00000288. The van der Waals surface area contributed by atoms with Crippen LogP contribution in [0.4, 0.5) is 0 Å². The summed E-state index contributed by atoms with van der Waals surface area (Å²) in [5.41, 5.74) is 5.35. The van der Waals surface area contributed by atoms with E-state index in [2.05, 4.69) is 5.32 Å². The van der Waals surface area contributed by atoms with Crippen LogP contribution in [0.25, 0.3) is 0 Å². The highest BCUT2D eigenvalue weighted by Gasteiger charge is 2.25. The molecule has 0 aromatic heterocycles. The third-order valence-corrected chi connectivity index (χ3v) is 5.49. The lowest BCUT2D eigenvalue weighted by Gasteiger charge is -2.29. The molecule has 0 spiro atoms. The second kappa shape index (κ2) is 8.43. The van der Waals surface area contributed by atoms with Gasteiger partial charge in [0.25, 0.3) is 0 Å². The van der Waals surface area contributed by atoms with Gasteiger partial charge < -0.3 is 16.0 Å². The number of primary amides is 1. The molecule has 1 aromatic rings. The first-order valence-electron chi connectivity index (χ1n) is 7.17. The highest BCUT2D eigenvalue weighted by Crippen LogP contribution is 2.15. The fraction of sp³-hybridized carbons (Fsp3) is 0.429. The maximum absolute atomic E-state index is 12.5. The molecule has 0 aliphatic carbocycles. The second-order valence-corrected chi connectivity index (χ2v) is 7.33. The Morgan fingerprint density at radius 2 is 1.75 bits per heavy atom. The maximum Gasteiger partial charge on any atom is 0.248 e. The lowest BCUT2D eigenvalue weighted by atomic mass is 10.2.